The summed E-state index contributed by atoms with van der Waals surface area (Å²) >= 11 is 6.98. The molecule has 2 aliphatic rings. The maximum absolute atomic E-state index is 12.8. The number of benzene rings is 1. The van der Waals surface area contributed by atoms with Gasteiger partial charge in [-0.3, -0.25) is 9.52 Å². The molecular formula is C21H27ClN4O3S2. The number of carbonyl (C=O) groups is 1. The third kappa shape index (κ3) is 5.22. The zero-order valence-electron chi connectivity index (χ0n) is 17.4. The van der Waals surface area contributed by atoms with E-state index in [9.17, 15) is 13.2 Å². The van der Waals surface area contributed by atoms with Gasteiger partial charge in [-0.1, -0.05) is 18.0 Å². The number of carbonyl (C=O) groups excluding carboxylic acids is 1. The highest BCUT2D eigenvalue weighted by molar-refractivity contribution is 7.93. The van der Waals surface area contributed by atoms with E-state index < -0.39 is 10.0 Å². The quantitative estimate of drug-likeness (QED) is 0.651. The number of fused-ring (bicyclic) bond motifs is 1. The number of thiazole rings is 1. The minimum Gasteiger partial charge on any atom is -0.350 e. The van der Waals surface area contributed by atoms with Gasteiger partial charge >= 0.3 is 0 Å². The molecule has 2 N–H and O–H groups in total. The number of hydrogen-bond acceptors (Lipinski definition) is 6. The smallest absolute Gasteiger partial charge is 0.271 e. The van der Waals surface area contributed by atoms with Crippen LogP contribution in [-0.4, -0.2) is 49.9 Å². The molecule has 31 heavy (non-hydrogen) atoms. The summed E-state index contributed by atoms with van der Waals surface area (Å²) in [6.45, 7) is 4.73. The predicted octanol–water partition coefficient (Wildman–Crippen LogP) is 3.90. The van der Waals surface area contributed by atoms with Crippen LogP contribution in [0.15, 0.2) is 29.2 Å². The molecule has 4 rings (SSSR count). The number of halogens is 1. The van der Waals surface area contributed by atoms with Crippen molar-refractivity contribution < 1.29 is 13.2 Å². The van der Waals surface area contributed by atoms with Gasteiger partial charge in [0, 0.05) is 22.5 Å². The first-order valence-electron chi connectivity index (χ1n) is 10.6. The molecule has 2 aliphatic heterocycles. The predicted molar refractivity (Wildman–Crippen MR) is 123 cm³/mol. The molecule has 2 atom stereocenters. The van der Waals surface area contributed by atoms with Crippen molar-refractivity contribution in [1.29, 1.82) is 0 Å². The average Bonchev–Trinajstić information content (AvgIpc) is 3.11. The Morgan fingerprint density at radius 3 is 2.71 bits per heavy atom. The van der Waals surface area contributed by atoms with Crippen molar-refractivity contribution in [3.63, 3.8) is 0 Å². The highest BCUT2D eigenvalue weighted by atomic mass is 35.5. The van der Waals surface area contributed by atoms with Crippen LogP contribution in [0.4, 0.5) is 5.13 Å². The first-order valence-corrected chi connectivity index (χ1v) is 13.3. The second-order valence-electron chi connectivity index (χ2n) is 8.19. The molecule has 1 aromatic carbocycles. The Morgan fingerprint density at radius 2 is 1.94 bits per heavy atom. The van der Waals surface area contributed by atoms with Gasteiger partial charge in [-0.15, -0.1) is 11.3 Å². The second kappa shape index (κ2) is 9.44. The number of amides is 1. The molecule has 2 aromatic rings. The van der Waals surface area contributed by atoms with Gasteiger partial charge in [0.25, 0.3) is 15.9 Å². The molecule has 7 nitrogen and oxygen atoms in total. The highest BCUT2D eigenvalue weighted by Crippen LogP contribution is 2.31. The van der Waals surface area contributed by atoms with E-state index in [1.165, 1.54) is 49.9 Å². The number of anilines is 1. The van der Waals surface area contributed by atoms with Crippen molar-refractivity contribution in [2.45, 2.75) is 50.0 Å². The lowest BCUT2D eigenvalue weighted by Gasteiger charge is -2.44. The van der Waals surface area contributed by atoms with Crippen LogP contribution in [0.2, 0.25) is 5.02 Å². The average molecular weight is 483 g/mol. The Labute approximate surface area is 192 Å². The minimum atomic E-state index is -3.80. The van der Waals surface area contributed by atoms with E-state index in [1.54, 1.807) is 6.92 Å². The zero-order chi connectivity index (χ0) is 22.0. The Kier molecular flexibility index (Phi) is 6.86. The number of aromatic nitrogens is 1. The Bertz CT molecular complexity index is 1040. The van der Waals surface area contributed by atoms with E-state index in [2.05, 4.69) is 19.9 Å². The van der Waals surface area contributed by atoms with Gasteiger partial charge in [-0.2, -0.15) is 0 Å². The second-order valence-corrected chi connectivity index (χ2v) is 11.5. The monoisotopic (exact) mass is 482 g/mol. The SMILES string of the molecule is Cc1sc(NS(=O)(=O)c2ccc(Cl)cc2)nc1C(=O)NC[C@@H]1CCCN2CCCC[C@@H]12. The highest BCUT2D eigenvalue weighted by Gasteiger charge is 2.33. The lowest BCUT2D eigenvalue weighted by atomic mass is 9.83. The molecule has 0 bridgehead atoms. The third-order valence-corrected chi connectivity index (χ3v) is 8.73. The van der Waals surface area contributed by atoms with Gasteiger partial charge in [-0.25, -0.2) is 13.4 Å². The number of aryl methyl sites for hydroxylation is 1. The maximum atomic E-state index is 12.8. The van der Waals surface area contributed by atoms with Crippen LogP contribution in [0.5, 0.6) is 0 Å². The van der Waals surface area contributed by atoms with E-state index in [0.29, 0.717) is 28.4 Å². The lowest BCUT2D eigenvalue weighted by Crippen LogP contribution is -2.51. The van der Waals surface area contributed by atoms with Crippen LogP contribution >= 0.6 is 22.9 Å². The third-order valence-electron chi connectivity index (χ3n) is 6.11. The van der Waals surface area contributed by atoms with Crippen molar-refractivity contribution in [2.24, 2.45) is 5.92 Å². The molecule has 2 saturated heterocycles. The number of nitrogens with zero attached hydrogens (tertiary/aromatic N) is 2. The maximum Gasteiger partial charge on any atom is 0.271 e. The number of nitrogens with one attached hydrogen (secondary N) is 2. The van der Waals surface area contributed by atoms with E-state index in [-0.39, 0.29) is 21.6 Å². The summed E-state index contributed by atoms with van der Waals surface area (Å²) in [5, 5.41) is 3.67. The van der Waals surface area contributed by atoms with Crippen molar-refractivity contribution in [3.05, 3.63) is 39.9 Å². The van der Waals surface area contributed by atoms with Crippen LogP contribution in [0, 0.1) is 12.8 Å². The van der Waals surface area contributed by atoms with Crippen LogP contribution in [0.1, 0.15) is 47.5 Å². The van der Waals surface area contributed by atoms with Gasteiger partial charge in [0.05, 0.1) is 4.90 Å². The first kappa shape index (κ1) is 22.5. The molecule has 3 heterocycles. The van der Waals surface area contributed by atoms with Gasteiger partial charge in [0.2, 0.25) is 0 Å². The van der Waals surface area contributed by atoms with Crippen LogP contribution in [0.25, 0.3) is 0 Å². The molecule has 0 radical (unpaired) electrons. The van der Waals surface area contributed by atoms with E-state index in [0.717, 1.165) is 30.8 Å². The topological polar surface area (TPSA) is 91.4 Å². The lowest BCUT2D eigenvalue weighted by molar-refractivity contribution is 0.0575. The summed E-state index contributed by atoms with van der Waals surface area (Å²) in [6.07, 6.45) is 6.02. The molecule has 0 spiro atoms. The van der Waals surface area contributed by atoms with Crippen molar-refractivity contribution in [3.8, 4) is 0 Å². The molecule has 2 fully saturated rings. The van der Waals surface area contributed by atoms with Gasteiger partial charge < -0.3 is 10.2 Å². The van der Waals surface area contributed by atoms with Gasteiger partial charge in [0.15, 0.2) is 5.13 Å². The Balaban J connectivity index is 1.40. The normalized spacial score (nSPS) is 22.0. The van der Waals surface area contributed by atoms with Crippen LogP contribution in [-0.2, 0) is 10.0 Å². The number of piperidine rings is 2. The summed E-state index contributed by atoms with van der Waals surface area (Å²) < 4.78 is 27.6. The van der Waals surface area contributed by atoms with Gasteiger partial charge in [-0.05, 0) is 75.9 Å². The number of hydrogen-bond donors (Lipinski definition) is 2. The molecular weight excluding hydrogens is 456 g/mol. The number of rotatable bonds is 6. The van der Waals surface area contributed by atoms with E-state index in [1.807, 2.05) is 0 Å². The summed E-state index contributed by atoms with van der Waals surface area (Å²) in [5.74, 6) is 0.207. The van der Waals surface area contributed by atoms with Crippen molar-refractivity contribution in [1.82, 2.24) is 15.2 Å². The number of sulfonamides is 1. The van der Waals surface area contributed by atoms with E-state index in [4.69, 9.17) is 11.6 Å². The molecule has 0 aliphatic carbocycles. The first-order chi connectivity index (χ1) is 14.8. The zero-order valence-corrected chi connectivity index (χ0v) is 19.8. The van der Waals surface area contributed by atoms with Crippen molar-refractivity contribution in [2.75, 3.05) is 24.4 Å². The fourth-order valence-electron chi connectivity index (χ4n) is 4.56. The summed E-state index contributed by atoms with van der Waals surface area (Å²) in [7, 11) is -3.80. The fraction of sp³-hybridized carbons (Fsp3) is 0.524. The van der Waals surface area contributed by atoms with Gasteiger partial charge in [0.1, 0.15) is 5.69 Å². The van der Waals surface area contributed by atoms with Crippen molar-refractivity contribution >= 4 is 44.0 Å². The molecule has 0 saturated carbocycles. The largest absolute Gasteiger partial charge is 0.350 e. The molecule has 0 unspecified atom stereocenters. The van der Waals surface area contributed by atoms with Crippen LogP contribution in [0.3, 0.4) is 0 Å². The molecule has 1 amide bonds. The summed E-state index contributed by atoms with van der Waals surface area (Å²) in [4.78, 5) is 20.4. The molecule has 1 aromatic heterocycles. The van der Waals surface area contributed by atoms with Crippen LogP contribution < -0.4 is 10.0 Å². The molecule has 168 valence electrons. The standard InChI is InChI=1S/C21H27ClN4O3S2/c1-14-19(20(27)23-13-15-5-4-12-26-11-3-2-6-18(15)26)24-21(30-14)25-31(28,29)17-9-7-16(22)8-10-17/h7-10,15,18H,2-6,11-13H2,1H3,(H,23,27)(H,24,25)/t15-,18-/m0/s1. The summed E-state index contributed by atoms with van der Waals surface area (Å²) in [5.41, 5.74) is 0.273. The molecule has 10 heteroatoms. The minimum absolute atomic E-state index is 0.0880. The Hall–Kier alpha value is -1.68. The van der Waals surface area contributed by atoms with E-state index >= 15 is 0 Å². The fourth-order valence-corrected chi connectivity index (χ4v) is 6.73. The summed E-state index contributed by atoms with van der Waals surface area (Å²) in [6, 6.07) is 6.44. The Morgan fingerprint density at radius 1 is 1.19 bits per heavy atom.